The van der Waals surface area contributed by atoms with Crippen LogP contribution in [0.2, 0.25) is 0 Å². The number of nitrogens with zero attached hydrogens (tertiary/aromatic N) is 1. The van der Waals surface area contributed by atoms with E-state index in [4.69, 9.17) is 0 Å². The van der Waals surface area contributed by atoms with E-state index in [1.807, 2.05) is 0 Å². The molecule has 0 heterocycles. The lowest BCUT2D eigenvalue weighted by molar-refractivity contribution is 0.128. The average molecular weight is 240 g/mol. The molecule has 102 valence electrons. The fourth-order valence-electron chi connectivity index (χ4n) is 2.58. The molecule has 17 heavy (non-hydrogen) atoms. The number of rotatable bonds is 8. The first-order chi connectivity index (χ1) is 7.93. The van der Waals surface area contributed by atoms with Gasteiger partial charge >= 0.3 is 0 Å². The largest absolute Gasteiger partial charge is 0.315 e. The fraction of sp³-hybridized carbons (Fsp3) is 1.00. The molecule has 0 amide bonds. The van der Waals surface area contributed by atoms with Crippen LogP contribution in [0.1, 0.15) is 47.5 Å². The average Bonchev–Trinajstić information content (AvgIpc) is 3.05. The fourth-order valence-corrected chi connectivity index (χ4v) is 2.58. The van der Waals surface area contributed by atoms with Crippen molar-refractivity contribution in [2.75, 3.05) is 20.1 Å². The molecular weight excluding hydrogens is 208 g/mol. The Bertz CT molecular complexity index is 209. The summed E-state index contributed by atoms with van der Waals surface area (Å²) in [6.45, 7) is 13.9. The first-order valence-corrected chi connectivity index (χ1v) is 7.36. The van der Waals surface area contributed by atoms with Gasteiger partial charge in [-0.2, -0.15) is 0 Å². The lowest BCUT2D eigenvalue weighted by Gasteiger charge is -2.36. The number of likely N-dealkylation sites (N-methyl/N-ethyl adjacent to an activating group) is 1. The third-order valence-corrected chi connectivity index (χ3v) is 4.15. The summed E-state index contributed by atoms with van der Waals surface area (Å²) in [4.78, 5) is 2.61. The molecule has 1 rings (SSSR count). The Balaban J connectivity index is 2.40. The van der Waals surface area contributed by atoms with Crippen LogP contribution in [0.4, 0.5) is 0 Å². The van der Waals surface area contributed by atoms with Crippen LogP contribution in [0.15, 0.2) is 0 Å². The molecule has 2 atom stereocenters. The maximum absolute atomic E-state index is 3.62. The summed E-state index contributed by atoms with van der Waals surface area (Å²) >= 11 is 0. The highest BCUT2D eigenvalue weighted by molar-refractivity contribution is 4.88. The first kappa shape index (κ1) is 15.0. The summed E-state index contributed by atoms with van der Waals surface area (Å²) in [6.07, 6.45) is 2.88. The lowest BCUT2D eigenvalue weighted by Crippen LogP contribution is -2.48. The standard InChI is InChI=1S/C15H32N2/c1-11(2)9-16-10-15(12(3)4)17(6)13(5)14-7-8-14/h11-16H,7-10H2,1-6H3. The summed E-state index contributed by atoms with van der Waals surface area (Å²) in [7, 11) is 2.31. The number of hydrogen-bond donors (Lipinski definition) is 1. The Labute approximate surface area is 108 Å². The van der Waals surface area contributed by atoms with E-state index in [1.54, 1.807) is 0 Å². The van der Waals surface area contributed by atoms with E-state index in [0.29, 0.717) is 6.04 Å². The second kappa shape index (κ2) is 6.75. The van der Waals surface area contributed by atoms with E-state index in [0.717, 1.165) is 36.9 Å². The molecule has 0 spiro atoms. The predicted octanol–water partition coefficient (Wildman–Crippen LogP) is 2.99. The minimum Gasteiger partial charge on any atom is -0.315 e. The molecule has 2 nitrogen and oxygen atoms in total. The highest BCUT2D eigenvalue weighted by atomic mass is 15.2. The van der Waals surface area contributed by atoms with Gasteiger partial charge in [-0.05, 0) is 51.1 Å². The summed E-state index contributed by atoms with van der Waals surface area (Å²) in [5.74, 6) is 2.43. The molecular formula is C15H32N2. The zero-order valence-corrected chi connectivity index (χ0v) is 12.7. The zero-order valence-electron chi connectivity index (χ0n) is 12.7. The Hall–Kier alpha value is -0.0800. The molecule has 2 unspecified atom stereocenters. The highest BCUT2D eigenvalue weighted by Gasteiger charge is 2.33. The van der Waals surface area contributed by atoms with Gasteiger partial charge in [0.05, 0.1) is 0 Å². The van der Waals surface area contributed by atoms with Crippen LogP contribution in [0.25, 0.3) is 0 Å². The molecule has 0 bridgehead atoms. The summed E-state index contributed by atoms with van der Waals surface area (Å²) in [6, 6.07) is 1.42. The van der Waals surface area contributed by atoms with Crippen LogP contribution in [-0.4, -0.2) is 37.1 Å². The zero-order chi connectivity index (χ0) is 13.0. The molecule has 0 aliphatic heterocycles. The lowest BCUT2D eigenvalue weighted by atomic mass is 10.00. The van der Waals surface area contributed by atoms with Gasteiger partial charge in [-0.25, -0.2) is 0 Å². The molecule has 2 heteroatoms. The second-order valence-corrected chi connectivity index (χ2v) is 6.61. The monoisotopic (exact) mass is 240 g/mol. The quantitative estimate of drug-likeness (QED) is 0.701. The topological polar surface area (TPSA) is 15.3 Å². The van der Waals surface area contributed by atoms with Gasteiger partial charge in [0.2, 0.25) is 0 Å². The molecule has 1 fully saturated rings. The molecule has 1 aliphatic rings. The van der Waals surface area contributed by atoms with E-state index in [-0.39, 0.29) is 0 Å². The van der Waals surface area contributed by atoms with Crippen molar-refractivity contribution in [3.63, 3.8) is 0 Å². The summed E-state index contributed by atoms with van der Waals surface area (Å²) in [5, 5.41) is 3.62. The maximum Gasteiger partial charge on any atom is 0.0243 e. The van der Waals surface area contributed by atoms with Gasteiger partial charge in [0.25, 0.3) is 0 Å². The Kier molecular flexibility index (Phi) is 5.94. The van der Waals surface area contributed by atoms with Gasteiger partial charge < -0.3 is 5.32 Å². The minimum atomic E-state index is 0.671. The Morgan fingerprint density at radius 1 is 1.06 bits per heavy atom. The minimum absolute atomic E-state index is 0.671. The maximum atomic E-state index is 3.62. The van der Waals surface area contributed by atoms with E-state index in [2.05, 4.69) is 51.9 Å². The first-order valence-electron chi connectivity index (χ1n) is 7.36. The second-order valence-electron chi connectivity index (χ2n) is 6.61. The third kappa shape index (κ3) is 4.97. The molecule has 0 aromatic rings. The van der Waals surface area contributed by atoms with E-state index < -0.39 is 0 Å². The van der Waals surface area contributed by atoms with Gasteiger partial charge in [-0.15, -0.1) is 0 Å². The van der Waals surface area contributed by atoms with Crippen molar-refractivity contribution in [1.82, 2.24) is 10.2 Å². The predicted molar refractivity (Wildman–Crippen MR) is 76.3 cm³/mol. The van der Waals surface area contributed by atoms with E-state index in [9.17, 15) is 0 Å². The molecule has 0 radical (unpaired) electrons. The van der Waals surface area contributed by atoms with Gasteiger partial charge in [0, 0.05) is 18.6 Å². The van der Waals surface area contributed by atoms with Crippen molar-refractivity contribution in [2.45, 2.75) is 59.5 Å². The normalized spacial score (nSPS) is 20.3. The van der Waals surface area contributed by atoms with Crippen LogP contribution in [0.3, 0.4) is 0 Å². The summed E-state index contributed by atoms with van der Waals surface area (Å²) in [5.41, 5.74) is 0. The van der Waals surface area contributed by atoms with Crippen molar-refractivity contribution in [1.29, 1.82) is 0 Å². The van der Waals surface area contributed by atoms with Crippen molar-refractivity contribution in [3.8, 4) is 0 Å². The van der Waals surface area contributed by atoms with Crippen molar-refractivity contribution in [3.05, 3.63) is 0 Å². The van der Waals surface area contributed by atoms with Gasteiger partial charge in [-0.3, -0.25) is 4.90 Å². The van der Waals surface area contributed by atoms with Gasteiger partial charge in [-0.1, -0.05) is 27.7 Å². The van der Waals surface area contributed by atoms with Crippen LogP contribution in [-0.2, 0) is 0 Å². The molecule has 1 saturated carbocycles. The number of hydrogen-bond acceptors (Lipinski definition) is 2. The smallest absolute Gasteiger partial charge is 0.0243 e. The summed E-state index contributed by atoms with van der Waals surface area (Å²) < 4.78 is 0. The molecule has 0 aromatic heterocycles. The van der Waals surface area contributed by atoms with Crippen LogP contribution < -0.4 is 5.32 Å². The van der Waals surface area contributed by atoms with E-state index >= 15 is 0 Å². The van der Waals surface area contributed by atoms with Crippen molar-refractivity contribution in [2.24, 2.45) is 17.8 Å². The molecule has 0 aromatic carbocycles. The Morgan fingerprint density at radius 2 is 1.65 bits per heavy atom. The SMILES string of the molecule is CC(C)CNCC(C(C)C)N(C)C(C)C1CC1. The van der Waals surface area contributed by atoms with Crippen molar-refractivity contribution < 1.29 is 0 Å². The third-order valence-electron chi connectivity index (χ3n) is 4.15. The van der Waals surface area contributed by atoms with Crippen LogP contribution in [0, 0.1) is 17.8 Å². The highest BCUT2D eigenvalue weighted by Crippen LogP contribution is 2.35. The van der Waals surface area contributed by atoms with Crippen LogP contribution >= 0.6 is 0 Å². The van der Waals surface area contributed by atoms with Crippen molar-refractivity contribution >= 4 is 0 Å². The molecule has 1 aliphatic carbocycles. The van der Waals surface area contributed by atoms with Gasteiger partial charge in [0.1, 0.15) is 0 Å². The number of nitrogens with one attached hydrogen (secondary N) is 1. The van der Waals surface area contributed by atoms with Gasteiger partial charge in [0.15, 0.2) is 0 Å². The molecule has 1 N–H and O–H groups in total. The van der Waals surface area contributed by atoms with E-state index in [1.165, 1.54) is 12.8 Å². The van der Waals surface area contributed by atoms with Crippen LogP contribution in [0.5, 0.6) is 0 Å². The molecule has 0 saturated heterocycles. The Morgan fingerprint density at radius 3 is 2.06 bits per heavy atom.